The number of anilines is 1. The van der Waals surface area contributed by atoms with Gasteiger partial charge in [-0.25, -0.2) is 0 Å². The Balaban J connectivity index is 1.73. The zero-order chi connectivity index (χ0) is 12.6. The molecule has 2 aromatic carbocycles. The molecule has 0 bridgehead atoms. The number of hydrogen-bond donors (Lipinski definition) is 2. The average Bonchev–Trinajstić information content (AvgIpc) is 2.42. The van der Waals surface area contributed by atoms with E-state index in [0.717, 1.165) is 18.7 Å². The summed E-state index contributed by atoms with van der Waals surface area (Å²) in [5, 5.41) is 3.29. The lowest BCUT2D eigenvalue weighted by molar-refractivity contribution is 0.835. The topological polar surface area (TPSA) is 38.0 Å². The largest absolute Gasteiger partial charge is 0.399 e. The highest BCUT2D eigenvalue weighted by Gasteiger charge is 1.91. The van der Waals surface area contributed by atoms with E-state index in [2.05, 4.69) is 35.7 Å². The number of rotatable bonds is 5. The zero-order valence-electron chi connectivity index (χ0n) is 10.3. The van der Waals surface area contributed by atoms with Gasteiger partial charge in [0, 0.05) is 12.2 Å². The Hall–Kier alpha value is -2.22. The van der Waals surface area contributed by atoms with Gasteiger partial charge in [-0.05, 0) is 42.0 Å². The molecule has 2 aromatic rings. The van der Waals surface area contributed by atoms with Gasteiger partial charge in [0.15, 0.2) is 0 Å². The Kier molecular flexibility index (Phi) is 4.42. The lowest BCUT2D eigenvalue weighted by Crippen LogP contribution is -2.09. The van der Waals surface area contributed by atoms with E-state index >= 15 is 0 Å². The predicted molar refractivity (Wildman–Crippen MR) is 78.0 cm³/mol. The summed E-state index contributed by atoms with van der Waals surface area (Å²) in [5.41, 5.74) is 8.96. The fourth-order valence-electron chi connectivity index (χ4n) is 1.70. The maximum Gasteiger partial charge on any atom is 0.0314 e. The normalized spacial score (nSPS) is 10.7. The second kappa shape index (κ2) is 6.50. The molecule has 0 saturated heterocycles. The number of hydrogen-bond acceptors (Lipinski definition) is 2. The summed E-state index contributed by atoms with van der Waals surface area (Å²) >= 11 is 0. The van der Waals surface area contributed by atoms with Crippen LogP contribution < -0.4 is 11.1 Å². The van der Waals surface area contributed by atoms with Crippen molar-refractivity contribution in [2.45, 2.75) is 6.42 Å². The van der Waals surface area contributed by atoms with Gasteiger partial charge < -0.3 is 11.1 Å². The van der Waals surface area contributed by atoms with E-state index in [1.807, 2.05) is 36.5 Å². The third-order valence-electron chi connectivity index (χ3n) is 2.73. The first-order valence-electron chi connectivity index (χ1n) is 6.14. The van der Waals surface area contributed by atoms with Gasteiger partial charge in [0.1, 0.15) is 0 Å². The highest BCUT2D eigenvalue weighted by Crippen LogP contribution is 2.05. The van der Waals surface area contributed by atoms with Crippen molar-refractivity contribution in [3.63, 3.8) is 0 Å². The molecule has 0 fully saturated rings. The van der Waals surface area contributed by atoms with Gasteiger partial charge in [-0.2, -0.15) is 0 Å². The van der Waals surface area contributed by atoms with Crippen LogP contribution in [0.1, 0.15) is 11.1 Å². The smallest absolute Gasteiger partial charge is 0.0314 e. The van der Waals surface area contributed by atoms with Crippen LogP contribution in [-0.4, -0.2) is 6.54 Å². The van der Waals surface area contributed by atoms with Gasteiger partial charge in [0.05, 0.1) is 0 Å². The first-order chi connectivity index (χ1) is 8.84. The molecular weight excluding hydrogens is 220 g/mol. The molecular formula is C16H18N2. The first-order valence-corrected chi connectivity index (χ1v) is 6.14. The van der Waals surface area contributed by atoms with Crippen molar-refractivity contribution in [3.05, 3.63) is 71.9 Å². The van der Waals surface area contributed by atoms with Crippen molar-refractivity contribution in [2.24, 2.45) is 0 Å². The lowest BCUT2D eigenvalue weighted by Gasteiger charge is -2.02. The van der Waals surface area contributed by atoms with Crippen LogP contribution in [0.5, 0.6) is 0 Å². The molecule has 0 amide bonds. The van der Waals surface area contributed by atoms with E-state index in [1.54, 1.807) is 0 Å². The standard InChI is InChI=1S/C16H18N2/c17-16-8-6-15(7-9-16)11-13-18-12-10-14-4-2-1-3-5-14/h1-10,12,18H,11,13,17H2/b12-10+. The minimum atomic E-state index is 0.815. The summed E-state index contributed by atoms with van der Waals surface area (Å²) in [5.74, 6) is 0. The second-order valence-corrected chi connectivity index (χ2v) is 4.19. The van der Waals surface area contributed by atoms with Gasteiger partial charge in [-0.1, -0.05) is 42.5 Å². The van der Waals surface area contributed by atoms with Crippen molar-refractivity contribution in [1.82, 2.24) is 5.32 Å². The highest BCUT2D eigenvalue weighted by molar-refractivity contribution is 5.48. The molecule has 0 heterocycles. The summed E-state index contributed by atoms with van der Waals surface area (Å²) in [6.45, 7) is 0.924. The Morgan fingerprint density at radius 3 is 2.39 bits per heavy atom. The number of benzene rings is 2. The lowest BCUT2D eigenvalue weighted by atomic mass is 10.1. The van der Waals surface area contributed by atoms with Gasteiger partial charge in [-0.15, -0.1) is 0 Å². The van der Waals surface area contributed by atoms with Crippen molar-refractivity contribution < 1.29 is 0 Å². The molecule has 0 spiro atoms. The third kappa shape index (κ3) is 3.98. The van der Waals surface area contributed by atoms with Crippen molar-refractivity contribution in [1.29, 1.82) is 0 Å². The molecule has 0 radical (unpaired) electrons. The van der Waals surface area contributed by atoms with E-state index in [9.17, 15) is 0 Å². The van der Waals surface area contributed by atoms with Crippen LogP contribution in [-0.2, 0) is 6.42 Å². The van der Waals surface area contributed by atoms with E-state index in [0.29, 0.717) is 0 Å². The highest BCUT2D eigenvalue weighted by atomic mass is 14.8. The average molecular weight is 238 g/mol. The van der Waals surface area contributed by atoms with Crippen LogP contribution in [0.3, 0.4) is 0 Å². The van der Waals surface area contributed by atoms with E-state index < -0.39 is 0 Å². The molecule has 0 atom stereocenters. The van der Waals surface area contributed by atoms with Crippen LogP contribution >= 0.6 is 0 Å². The molecule has 0 aliphatic carbocycles. The first kappa shape index (κ1) is 12.2. The molecule has 2 heteroatoms. The third-order valence-corrected chi connectivity index (χ3v) is 2.73. The van der Waals surface area contributed by atoms with Crippen molar-refractivity contribution in [3.8, 4) is 0 Å². The summed E-state index contributed by atoms with van der Waals surface area (Å²) in [7, 11) is 0. The Morgan fingerprint density at radius 1 is 0.944 bits per heavy atom. The monoisotopic (exact) mass is 238 g/mol. The van der Waals surface area contributed by atoms with E-state index in [1.165, 1.54) is 11.1 Å². The minimum absolute atomic E-state index is 0.815. The Morgan fingerprint density at radius 2 is 1.67 bits per heavy atom. The summed E-state index contributed by atoms with van der Waals surface area (Å²) in [4.78, 5) is 0. The summed E-state index contributed by atoms with van der Waals surface area (Å²) in [6.07, 6.45) is 5.06. The van der Waals surface area contributed by atoms with Crippen LogP contribution in [0.15, 0.2) is 60.8 Å². The Labute approximate surface area is 108 Å². The molecule has 2 rings (SSSR count). The van der Waals surface area contributed by atoms with Gasteiger partial charge in [0.25, 0.3) is 0 Å². The maximum atomic E-state index is 5.64. The predicted octanol–water partition coefficient (Wildman–Crippen LogP) is 3.07. The quantitative estimate of drug-likeness (QED) is 0.620. The van der Waals surface area contributed by atoms with Crippen molar-refractivity contribution >= 4 is 11.8 Å². The van der Waals surface area contributed by atoms with E-state index in [4.69, 9.17) is 5.73 Å². The van der Waals surface area contributed by atoms with Crippen LogP contribution in [0, 0.1) is 0 Å². The molecule has 0 unspecified atom stereocenters. The number of nitrogens with two attached hydrogens (primary N) is 1. The number of nitrogen functional groups attached to an aromatic ring is 1. The molecule has 18 heavy (non-hydrogen) atoms. The molecule has 0 aliphatic heterocycles. The molecule has 3 N–H and O–H groups in total. The maximum absolute atomic E-state index is 5.64. The minimum Gasteiger partial charge on any atom is -0.399 e. The molecule has 0 aliphatic rings. The van der Waals surface area contributed by atoms with Crippen LogP contribution in [0.25, 0.3) is 6.08 Å². The fraction of sp³-hybridized carbons (Fsp3) is 0.125. The fourth-order valence-corrected chi connectivity index (χ4v) is 1.70. The zero-order valence-corrected chi connectivity index (χ0v) is 10.3. The molecule has 92 valence electrons. The van der Waals surface area contributed by atoms with Gasteiger partial charge >= 0.3 is 0 Å². The van der Waals surface area contributed by atoms with Gasteiger partial charge in [-0.3, -0.25) is 0 Å². The summed E-state index contributed by atoms with van der Waals surface area (Å²) < 4.78 is 0. The van der Waals surface area contributed by atoms with Gasteiger partial charge in [0.2, 0.25) is 0 Å². The van der Waals surface area contributed by atoms with Crippen LogP contribution in [0.2, 0.25) is 0 Å². The van der Waals surface area contributed by atoms with Crippen LogP contribution in [0.4, 0.5) is 5.69 Å². The Bertz CT molecular complexity index is 486. The molecule has 0 saturated carbocycles. The molecule has 2 nitrogen and oxygen atoms in total. The summed E-state index contributed by atoms with van der Waals surface area (Å²) in [6, 6.07) is 18.3. The number of nitrogens with one attached hydrogen (secondary N) is 1. The van der Waals surface area contributed by atoms with E-state index in [-0.39, 0.29) is 0 Å². The SMILES string of the molecule is Nc1ccc(CCN/C=C/c2ccccc2)cc1. The molecule has 0 aromatic heterocycles. The second-order valence-electron chi connectivity index (χ2n) is 4.19. The van der Waals surface area contributed by atoms with Crippen molar-refractivity contribution in [2.75, 3.05) is 12.3 Å².